The van der Waals surface area contributed by atoms with Crippen LogP contribution in [0.15, 0.2) is 24.4 Å². The first-order valence-corrected chi connectivity index (χ1v) is 13.6. The van der Waals surface area contributed by atoms with Crippen LogP contribution in [0.4, 0.5) is 5.82 Å². The number of anilines is 1. The molecule has 1 unspecified atom stereocenters. The average Bonchev–Trinajstić information content (AvgIpc) is 3.53. The Hall–Kier alpha value is -3.12. The lowest BCUT2D eigenvalue weighted by Crippen LogP contribution is -2.50. The molecule has 0 radical (unpaired) electrons. The molecule has 0 spiro atoms. The highest BCUT2D eigenvalue weighted by Gasteiger charge is 2.26. The molecule has 2 aliphatic rings. The van der Waals surface area contributed by atoms with Crippen molar-refractivity contribution in [1.29, 1.82) is 0 Å². The number of aliphatic hydroxyl groups is 1. The number of hydrogen-bond donors (Lipinski definition) is 2. The first-order valence-electron chi connectivity index (χ1n) is 12.7. The maximum atomic E-state index is 12.2. The van der Waals surface area contributed by atoms with Crippen LogP contribution in [-0.2, 0) is 16.1 Å². The number of aryl methyl sites for hydroxylation is 1. The zero-order valence-corrected chi connectivity index (χ0v) is 21.9. The molecule has 1 aromatic carbocycles. The summed E-state index contributed by atoms with van der Waals surface area (Å²) in [6, 6.07) is 6.07. The SMILES string of the molecule is Cc1c(CN2CCN(C(=O)C(C)O)CC2)sc2c(N3CCOCC3)nc(-c3cccc4[nH]ncc34)nc12. The standard InChI is InChI=1S/C26H31N7O3S/c1-16-21(15-31-6-8-33(9-7-31)26(35)17(2)34)37-23-22(16)28-24(29-25(23)32-10-12-36-13-11-32)18-4-3-5-20-19(18)14-27-30-20/h3-5,14,17,34H,6-13,15H2,1-2H3,(H,27,30). The van der Waals surface area contributed by atoms with E-state index in [1.165, 1.54) is 17.4 Å². The number of aromatic nitrogens is 4. The fourth-order valence-corrected chi connectivity index (χ4v) is 6.44. The number of morpholine rings is 1. The summed E-state index contributed by atoms with van der Waals surface area (Å²) in [6.45, 7) is 10.3. The summed E-state index contributed by atoms with van der Waals surface area (Å²) in [5.41, 5.74) is 4.11. The molecule has 2 fully saturated rings. The van der Waals surface area contributed by atoms with Crippen molar-refractivity contribution >= 4 is 44.2 Å². The number of nitrogens with one attached hydrogen (secondary N) is 1. The topological polar surface area (TPSA) is 111 Å². The van der Waals surface area contributed by atoms with Crippen LogP contribution in [0.1, 0.15) is 17.4 Å². The van der Waals surface area contributed by atoms with E-state index >= 15 is 0 Å². The Balaban J connectivity index is 1.36. The van der Waals surface area contributed by atoms with Crippen molar-refractivity contribution in [3.05, 3.63) is 34.8 Å². The van der Waals surface area contributed by atoms with Crippen LogP contribution in [0, 0.1) is 6.92 Å². The molecule has 2 aliphatic heterocycles. The monoisotopic (exact) mass is 521 g/mol. The first-order chi connectivity index (χ1) is 18.0. The molecule has 0 bridgehead atoms. The van der Waals surface area contributed by atoms with Gasteiger partial charge in [-0.2, -0.15) is 5.10 Å². The van der Waals surface area contributed by atoms with Crippen molar-refractivity contribution in [3.8, 4) is 11.4 Å². The normalized spacial score (nSPS) is 18.1. The van der Waals surface area contributed by atoms with Gasteiger partial charge in [0, 0.05) is 61.6 Å². The third kappa shape index (κ3) is 4.56. The molecule has 0 aliphatic carbocycles. The smallest absolute Gasteiger partial charge is 0.251 e. The van der Waals surface area contributed by atoms with Gasteiger partial charge < -0.3 is 19.6 Å². The Morgan fingerprint density at radius 3 is 2.70 bits per heavy atom. The summed E-state index contributed by atoms with van der Waals surface area (Å²) in [4.78, 5) is 30.1. The van der Waals surface area contributed by atoms with E-state index in [1.807, 2.05) is 18.3 Å². The van der Waals surface area contributed by atoms with Crippen molar-refractivity contribution in [2.24, 2.45) is 0 Å². The van der Waals surface area contributed by atoms with Crippen molar-refractivity contribution in [2.75, 3.05) is 57.4 Å². The highest BCUT2D eigenvalue weighted by molar-refractivity contribution is 7.19. The van der Waals surface area contributed by atoms with Gasteiger partial charge in [-0.3, -0.25) is 14.8 Å². The minimum atomic E-state index is -0.948. The molecule has 4 aromatic rings. The van der Waals surface area contributed by atoms with Gasteiger partial charge in [0.05, 0.1) is 35.1 Å². The van der Waals surface area contributed by atoms with E-state index in [0.29, 0.717) is 32.1 Å². The Labute approximate surface area is 218 Å². The number of aromatic amines is 1. The summed E-state index contributed by atoms with van der Waals surface area (Å²) in [5, 5.41) is 17.9. The second-order valence-electron chi connectivity index (χ2n) is 9.71. The van der Waals surface area contributed by atoms with Crippen LogP contribution < -0.4 is 4.90 Å². The van der Waals surface area contributed by atoms with Gasteiger partial charge in [-0.25, -0.2) is 9.97 Å². The minimum Gasteiger partial charge on any atom is -0.384 e. The second kappa shape index (κ2) is 9.97. The van der Waals surface area contributed by atoms with E-state index in [9.17, 15) is 9.90 Å². The number of aliphatic hydroxyl groups excluding tert-OH is 1. The molecule has 11 heteroatoms. The molecule has 37 heavy (non-hydrogen) atoms. The van der Waals surface area contributed by atoms with E-state index in [4.69, 9.17) is 14.7 Å². The summed E-state index contributed by atoms with van der Waals surface area (Å²) in [5.74, 6) is 1.48. The maximum absolute atomic E-state index is 12.2. The number of amides is 1. The van der Waals surface area contributed by atoms with Crippen molar-refractivity contribution in [3.63, 3.8) is 0 Å². The van der Waals surface area contributed by atoms with Gasteiger partial charge in [0.15, 0.2) is 11.6 Å². The van der Waals surface area contributed by atoms with Gasteiger partial charge in [0.25, 0.3) is 5.91 Å². The van der Waals surface area contributed by atoms with Gasteiger partial charge in [-0.05, 0) is 25.5 Å². The quantitative estimate of drug-likeness (QED) is 0.412. The summed E-state index contributed by atoms with van der Waals surface area (Å²) < 4.78 is 6.73. The van der Waals surface area contributed by atoms with Crippen molar-refractivity contribution in [1.82, 2.24) is 30.0 Å². The van der Waals surface area contributed by atoms with E-state index in [2.05, 4.69) is 33.0 Å². The number of thiophene rings is 1. The lowest BCUT2D eigenvalue weighted by atomic mass is 10.1. The van der Waals surface area contributed by atoms with Gasteiger partial charge >= 0.3 is 0 Å². The predicted molar refractivity (Wildman–Crippen MR) is 144 cm³/mol. The summed E-state index contributed by atoms with van der Waals surface area (Å²) >= 11 is 1.77. The van der Waals surface area contributed by atoms with Gasteiger partial charge in [0.1, 0.15) is 6.10 Å². The van der Waals surface area contributed by atoms with Crippen LogP contribution >= 0.6 is 11.3 Å². The van der Waals surface area contributed by atoms with E-state index in [1.54, 1.807) is 16.2 Å². The van der Waals surface area contributed by atoms with Crippen LogP contribution in [0.2, 0.25) is 0 Å². The van der Waals surface area contributed by atoms with Crippen LogP contribution in [0.3, 0.4) is 0 Å². The average molecular weight is 522 g/mol. The van der Waals surface area contributed by atoms with Gasteiger partial charge in [-0.1, -0.05) is 12.1 Å². The summed E-state index contributed by atoms with van der Waals surface area (Å²) in [6.07, 6.45) is 0.885. The molecule has 10 nitrogen and oxygen atoms in total. The predicted octanol–water partition coefficient (Wildman–Crippen LogP) is 2.40. The Morgan fingerprint density at radius 1 is 1.16 bits per heavy atom. The molecule has 2 saturated heterocycles. The Morgan fingerprint density at radius 2 is 1.95 bits per heavy atom. The number of nitrogens with zero attached hydrogens (tertiary/aromatic N) is 6. The summed E-state index contributed by atoms with van der Waals surface area (Å²) in [7, 11) is 0. The van der Waals surface area contributed by atoms with Crippen LogP contribution in [-0.4, -0.2) is 99.6 Å². The third-order valence-corrected chi connectivity index (χ3v) is 8.55. The van der Waals surface area contributed by atoms with E-state index in [0.717, 1.165) is 65.2 Å². The van der Waals surface area contributed by atoms with Crippen molar-refractivity contribution in [2.45, 2.75) is 26.5 Å². The van der Waals surface area contributed by atoms with Crippen LogP contribution in [0.25, 0.3) is 32.5 Å². The molecule has 1 amide bonds. The minimum absolute atomic E-state index is 0.191. The number of fused-ring (bicyclic) bond motifs is 2. The highest BCUT2D eigenvalue weighted by atomic mass is 32.1. The molecule has 2 N–H and O–H groups in total. The number of benzene rings is 1. The Kier molecular flexibility index (Phi) is 6.53. The number of hydrogen-bond acceptors (Lipinski definition) is 9. The van der Waals surface area contributed by atoms with E-state index < -0.39 is 6.10 Å². The molecule has 3 aromatic heterocycles. The zero-order valence-electron chi connectivity index (χ0n) is 21.1. The molecule has 6 rings (SSSR count). The first kappa shape index (κ1) is 24.2. The number of carbonyl (C=O) groups is 1. The molecule has 1 atom stereocenters. The van der Waals surface area contributed by atoms with Gasteiger partial charge in [-0.15, -0.1) is 11.3 Å². The fourth-order valence-electron chi connectivity index (χ4n) is 5.14. The highest BCUT2D eigenvalue weighted by Crippen LogP contribution is 2.39. The van der Waals surface area contributed by atoms with Gasteiger partial charge in [0.2, 0.25) is 0 Å². The number of ether oxygens (including phenoxy) is 1. The lowest BCUT2D eigenvalue weighted by molar-refractivity contribution is -0.141. The van der Waals surface area contributed by atoms with E-state index in [-0.39, 0.29) is 5.91 Å². The second-order valence-corrected chi connectivity index (χ2v) is 10.8. The van der Waals surface area contributed by atoms with Crippen molar-refractivity contribution < 1.29 is 14.6 Å². The third-order valence-electron chi connectivity index (χ3n) is 7.29. The maximum Gasteiger partial charge on any atom is 0.251 e. The fraction of sp³-hybridized carbons (Fsp3) is 0.462. The largest absolute Gasteiger partial charge is 0.384 e. The Bertz CT molecular complexity index is 1430. The lowest BCUT2D eigenvalue weighted by Gasteiger charge is -2.35. The number of piperazine rings is 1. The number of rotatable bonds is 5. The number of H-pyrrole nitrogens is 1. The van der Waals surface area contributed by atoms with Crippen LogP contribution in [0.5, 0.6) is 0 Å². The molecule has 5 heterocycles. The number of carbonyl (C=O) groups excluding carboxylic acids is 1. The molecule has 0 saturated carbocycles. The molecular formula is C26H31N7O3S. The zero-order chi connectivity index (χ0) is 25.5. The molecule has 194 valence electrons. The molecular weight excluding hydrogens is 490 g/mol.